The first-order valence-electron chi connectivity index (χ1n) is 11.3. The van der Waals surface area contributed by atoms with Gasteiger partial charge in [0.2, 0.25) is 5.91 Å². The normalized spacial score (nSPS) is 22.1. The third-order valence-corrected chi connectivity index (χ3v) is 7.54. The lowest BCUT2D eigenvalue weighted by Gasteiger charge is -2.33. The molecule has 2 unspecified atom stereocenters. The number of unbranched alkanes of at least 4 members (excludes halogenated alkanes) is 1. The molecule has 0 saturated carbocycles. The van der Waals surface area contributed by atoms with E-state index in [2.05, 4.69) is 15.6 Å². The highest BCUT2D eigenvalue weighted by molar-refractivity contribution is 8.00. The largest absolute Gasteiger partial charge is 0.413 e. The average molecular weight is 484 g/mol. The lowest BCUT2D eigenvalue weighted by molar-refractivity contribution is -0.141. The number of nitrogens with one attached hydrogen (secondary N) is 2. The highest BCUT2D eigenvalue weighted by atomic mass is 32.2. The number of carbonyl (C=O) groups is 2. The van der Waals surface area contributed by atoms with Gasteiger partial charge in [-0.15, -0.1) is 11.8 Å². The molecule has 7 nitrogen and oxygen atoms in total. The van der Waals surface area contributed by atoms with E-state index in [0.717, 1.165) is 49.5 Å². The summed E-state index contributed by atoms with van der Waals surface area (Å²) in [6.07, 6.45) is 5.52. The number of thioether (sulfide) groups is 1. The predicted molar refractivity (Wildman–Crippen MR) is 120 cm³/mol. The van der Waals surface area contributed by atoms with Gasteiger partial charge in [-0.25, -0.2) is 4.98 Å². The maximum atomic E-state index is 12.8. The molecule has 0 spiro atoms. The van der Waals surface area contributed by atoms with Gasteiger partial charge in [0, 0.05) is 44.0 Å². The summed E-state index contributed by atoms with van der Waals surface area (Å²) in [5.74, 6) is 0.334. The Hall–Kier alpha value is -2.27. The van der Waals surface area contributed by atoms with Gasteiger partial charge in [0.05, 0.1) is 11.6 Å². The van der Waals surface area contributed by atoms with Crippen LogP contribution in [0, 0.1) is 5.92 Å². The van der Waals surface area contributed by atoms with E-state index in [1.165, 1.54) is 0 Å². The van der Waals surface area contributed by atoms with E-state index in [1.54, 1.807) is 29.6 Å². The van der Waals surface area contributed by atoms with Crippen LogP contribution in [-0.2, 0) is 4.79 Å². The first kappa shape index (κ1) is 23.9. The Morgan fingerprint density at radius 3 is 2.73 bits per heavy atom. The van der Waals surface area contributed by atoms with Crippen molar-refractivity contribution in [2.24, 2.45) is 5.92 Å². The summed E-state index contributed by atoms with van der Waals surface area (Å²) in [5, 5.41) is 3.72. The highest BCUT2D eigenvalue weighted by Gasteiger charge is 2.47. The van der Waals surface area contributed by atoms with Gasteiger partial charge in [-0.2, -0.15) is 13.2 Å². The second kappa shape index (κ2) is 10.3. The van der Waals surface area contributed by atoms with Crippen molar-refractivity contribution in [3.63, 3.8) is 0 Å². The van der Waals surface area contributed by atoms with Crippen LogP contribution in [0.25, 0.3) is 5.65 Å². The zero-order valence-electron chi connectivity index (χ0n) is 18.2. The molecule has 2 saturated heterocycles. The molecule has 0 radical (unpaired) electrons. The molecule has 11 heteroatoms. The number of hydrogen-bond acceptors (Lipinski definition) is 5. The van der Waals surface area contributed by atoms with Gasteiger partial charge in [0.25, 0.3) is 5.91 Å². The van der Waals surface area contributed by atoms with Crippen molar-refractivity contribution in [2.75, 3.05) is 25.4 Å². The van der Waals surface area contributed by atoms with Crippen LogP contribution in [0.4, 0.5) is 13.2 Å². The van der Waals surface area contributed by atoms with Crippen molar-refractivity contribution in [3.05, 3.63) is 36.3 Å². The van der Waals surface area contributed by atoms with Crippen LogP contribution in [-0.4, -0.2) is 69.1 Å². The Balaban J connectivity index is 1.10. The van der Waals surface area contributed by atoms with Crippen molar-refractivity contribution in [1.29, 1.82) is 0 Å². The molecule has 4 heterocycles. The smallest absolute Gasteiger partial charge is 0.352 e. The van der Waals surface area contributed by atoms with Gasteiger partial charge in [-0.1, -0.05) is 12.8 Å². The number of aromatic nitrogens is 2. The number of fused-ring (bicyclic) bond motifs is 1. The third kappa shape index (κ3) is 6.00. The van der Waals surface area contributed by atoms with E-state index in [4.69, 9.17) is 0 Å². The monoisotopic (exact) mass is 483 g/mol. The molecule has 2 N–H and O–H groups in total. The number of piperidine rings is 1. The number of halogens is 3. The number of carbonyl (C=O) groups excluding carboxylic acids is 2. The van der Waals surface area contributed by atoms with Crippen LogP contribution in [0.15, 0.2) is 30.7 Å². The zero-order valence-corrected chi connectivity index (χ0v) is 19.0. The second-order valence-corrected chi connectivity index (χ2v) is 9.74. The van der Waals surface area contributed by atoms with Gasteiger partial charge >= 0.3 is 6.18 Å². The molecule has 2 aliphatic heterocycles. The molecular weight excluding hydrogens is 455 g/mol. The van der Waals surface area contributed by atoms with Crippen molar-refractivity contribution < 1.29 is 22.8 Å². The minimum Gasteiger partial charge on any atom is -0.352 e. The maximum absolute atomic E-state index is 12.8. The standard InChI is InChI=1S/C22H28F3N5O2S/c23-22(24,25)21-28-17(14-33-21)20(32)29-10-6-15(7-11-29)3-1-2-8-27-19(31)16-4-5-18-26-9-12-30(18)13-16/h4-5,9,12-13,15,17,21,28H,1-3,6-8,10-11,14H2,(H,27,31). The molecule has 2 aliphatic rings. The Morgan fingerprint density at radius 2 is 2.00 bits per heavy atom. The van der Waals surface area contributed by atoms with E-state index < -0.39 is 17.6 Å². The summed E-state index contributed by atoms with van der Waals surface area (Å²) in [5.41, 5.74) is 1.39. The molecule has 0 aromatic carbocycles. The molecule has 2 fully saturated rings. The van der Waals surface area contributed by atoms with E-state index in [9.17, 15) is 22.8 Å². The fraction of sp³-hybridized carbons (Fsp3) is 0.591. The van der Waals surface area contributed by atoms with Crippen LogP contribution < -0.4 is 10.6 Å². The molecule has 2 amide bonds. The van der Waals surface area contributed by atoms with Crippen LogP contribution in [0.3, 0.4) is 0 Å². The fourth-order valence-corrected chi connectivity index (χ4v) is 5.45. The number of likely N-dealkylation sites (tertiary alicyclic amines) is 1. The Bertz CT molecular complexity index is 974. The Kier molecular flexibility index (Phi) is 7.48. The summed E-state index contributed by atoms with van der Waals surface area (Å²) in [6.45, 7) is 1.79. The minimum atomic E-state index is -4.33. The molecule has 180 valence electrons. The first-order valence-corrected chi connectivity index (χ1v) is 12.3. The van der Waals surface area contributed by atoms with E-state index >= 15 is 0 Å². The van der Waals surface area contributed by atoms with Crippen LogP contribution in [0.2, 0.25) is 0 Å². The van der Waals surface area contributed by atoms with Crippen molar-refractivity contribution in [3.8, 4) is 0 Å². The molecular formula is C22H28F3N5O2S. The Labute approximate surface area is 194 Å². The fourth-order valence-electron chi connectivity index (χ4n) is 4.38. The number of nitrogens with zero attached hydrogens (tertiary/aromatic N) is 3. The maximum Gasteiger partial charge on any atom is 0.413 e. The molecule has 0 aliphatic carbocycles. The zero-order chi connectivity index (χ0) is 23.4. The van der Waals surface area contributed by atoms with E-state index in [0.29, 0.717) is 31.1 Å². The first-order chi connectivity index (χ1) is 15.8. The molecule has 2 aromatic rings. The number of amides is 2. The SMILES string of the molecule is O=C(NCCCCC1CCN(C(=O)C2CSC(C(F)(F)F)N2)CC1)c1ccc2nccn2c1. The minimum absolute atomic E-state index is 0.108. The lowest BCUT2D eigenvalue weighted by atomic mass is 9.91. The summed E-state index contributed by atoms with van der Waals surface area (Å²) >= 11 is 0.750. The topological polar surface area (TPSA) is 78.7 Å². The van der Waals surface area contributed by atoms with Crippen molar-refractivity contribution in [2.45, 2.75) is 49.7 Å². The number of hydrogen-bond donors (Lipinski definition) is 2. The summed E-state index contributed by atoms with van der Waals surface area (Å²) in [7, 11) is 0. The molecule has 33 heavy (non-hydrogen) atoms. The quantitative estimate of drug-likeness (QED) is 0.592. The number of rotatable bonds is 7. The predicted octanol–water partition coefficient (Wildman–Crippen LogP) is 3.07. The third-order valence-electron chi connectivity index (χ3n) is 6.28. The van der Waals surface area contributed by atoms with Crippen LogP contribution >= 0.6 is 11.8 Å². The van der Waals surface area contributed by atoms with E-state index in [-0.39, 0.29) is 17.6 Å². The summed E-state index contributed by atoms with van der Waals surface area (Å²) < 4.78 is 40.2. The number of alkyl halides is 3. The van der Waals surface area contributed by atoms with Gasteiger partial charge in [0.1, 0.15) is 5.65 Å². The van der Waals surface area contributed by atoms with E-state index in [1.807, 2.05) is 10.5 Å². The highest BCUT2D eigenvalue weighted by Crippen LogP contribution is 2.34. The lowest BCUT2D eigenvalue weighted by Crippen LogP contribution is -2.50. The average Bonchev–Trinajstić information content (AvgIpc) is 3.48. The van der Waals surface area contributed by atoms with Gasteiger partial charge in [0.15, 0.2) is 5.37 Å². The Morgan fingerprint density at radius 1 is 1.21 bits per heavy atom. The summed E-state index contributed by atoms with van der Waals surface area (Å²) in [4.78, 5) is 30.7. The van der Waals surface area contributed by atoms with Gasteiger partial charge in [-0.05, 0) is 37.3 Å². The molecule has 0 bridgehead atoms. The molecule has 4 rings (SSSR count). The van der Waals surface area contributed by atoms with Crippen molar-refractivity contribution in [1.82, 2.24) is 24.9 Å². The molecule has 2 aromatic heterocycles. The van der Waals surface area contributed by atoms with Gasteiger partial charge in [-0.3, -0.25) is 14.9 Å². The number of pyridine rings is 1. The summed E-state index contributed by atoms with van der Waals surface area (Å²) in [6, 6.07) is 2.81. The van der Waals surface area contributed by atoms with Crippen LogP contribution in [0.5, 0.6) is 0 Å². The van der Waals surface area contributed by atoms with Gasteiger partial charge < -0.3 is 14.6 Å². The number of imidazole rings is 1. The van der Waals surface area contributed by atoms with Crippen LogP contribution in [0.1, 0.15) is 42.5 Å². The molecule has 2 atom stereocenters. The second-order valence-electron chi connectivity index (χ2n) is 8.61. The van der Waals surface area contributed by atoms with Crippen molar-refractivity contribution >= 4 is 29.2 Å².